The molecule has 0 aliphatic heterocycles. The number of methoxy groups -OCH3 is 1. The van der Waals surface area contributed by atoms with Crippen LogP contribution in [0.5, 0.6) is 11.5 Å². The van der Waals surface area contributed by atoms with Crippen LogP contribution in [0.25, 0.3) is 0 Å². The van der Waals surface area contributed by atoms with E-state index in [9.17, 15) is 22.8 Å². The van der Waals surface area contributed by atoms with Crippen LogP contribution < -0.4 is 20.8 Å². The quantitative estimate of drug-likeness (QED) is 0.308. The summed E-state index contributed by atoms with van der Waals surface area (Å²) in [5, 5.41) is 3.39. The summed E-state index contributed by atoms with van der Waals surface area (Å²) >= 11 is 0. The number of halogens is 3. The molecule has 0 saturated carbocycles. The van der Waals surface area contributed by atoms with Crippen LogP contribution in [0.1, 0.15) is 12.0 Å². The summed E-state index contributed by atoms with van der Waals surface area (Å²) in [7, 11) is 1.53. The predicted molar refractivity (Wildman–Crippen MR) is 96.5 cm³/mol. The van der Waals surface area contributed by atoms with E-state index in [1.165, 1.54) is 7.11 Å². The molecule has 0 saturated heterocycles. The number of oxime groups is 1. The SMILES string of the molecule is COc1ccc(OC/C(N)=N\OC(=O)CCn2cc(C(F)(F)F)ccc2=O)cc1. The van der Waals surface area contributed by atoms with E-state index < -0.39 is 23.3 Å². The zero-order chi connectivity index (χ0) is 21.4. The normalized spacial score (nSPS) is 11.8. The lowest BCUT2D eigenvalue weighted by Gasteiger charge is -2.10. The van der Waals surface area contributed by atoms with Crippen molar-refractivity contribution in [1.82, 2.24) is 4.57 Å². The van der Waals surface area contributed by atoms with E-state index in [1.807, 2.05) is 0 Å². The third-order valence-corrected chi connectivity index (χ3v) is 3.58. The van der Waals surface area contributed by atoms with Gasteiger partial charge in [-0.15, -0.1) is 0 Å². The van der Waals surface area contributed by atoms with Crippen LogP contribution >= 0.6 is 0 Å². The largest absolute Gasteiger partial charge is 0.497 e. The highest BCUT2D eigenvalue weighted by atomic mass is 19.4. The van der Waals surface area contributed by atoms with Gasteiger partial charge >= 0.3 is 12.1 Å². The number of rotatable bonds is 8. The molecule has 0 atom stereocenters. The number of aryl methyl sites for hydroxylation is 1. The Balaban J connectivity index is 1.83. The molecule has 2 N–H and O–H groups in total. The van der Waals surface area contributed by atoms with Gasteiger partial charge in [0.1, 0.15) is 18.1 Å². The number of carbonyl (C=O) groups excluding carboxylic acids is 1. The van der Waals surface area contributed by atoms with Crippen molar-refractivity contribution < 1.29 is 32.3 Å². The number of nitrogens with two attached hydrogens (primary N) is 1. The zero-order valence-corrected chi connectivity index (χ0v) is 15.3. The monoisotopic (exact) mass is 413 g/mol. The molecule has 29 heavy (non-hydrogen) atoms. The number of benzene rings is 1. The van der Waals surface area contributed by atoms with Gasteiger partial charge in [0.2, 0.25) is 0 Å². The third kappa shape index (κ3) is 6.87. The highest BCUT2D eigenvalue weighted by Gasteiger charge is 2.31. The maximum Gasteiger partial charge on any atom is 0.417 e. The lowest BCUT2D eigenvalue weighted by molar-refractivity contribution is -0.144. The Kier molecular flexibility index (Phi) is 7.23. The van der Waals surface area contributed by atoms with Crippen molar-refractivity contribution in [2.75, 3.05) is 13.7 Å². The van der Waals surface area contributed by atoms with E-state index >= 15 is 0 Å². The zero-order valence-electron chi connectivity index (χ0n) is 15.3. The van der Waals surface area contributed by atoms with Gasteiger partial charge in [0.15, 0.2) is 5.84 Å². The standard InChI is InChI=1S/C18H18F3N3O5/c1-27-13-3-5-14(6-4-13)28-11-15(22)23-29-17(26)8-9-24-10-12(18(19,20)21)2-7-16(24)25/h2-7,10H,8-9,11H2,1H3,(H2,22,23). The fourth-order valence-corrected chi connectivity index (χ4v) is 2.10. The second kappa shape index (κ2) is 9.62. The summed E-state index contributed by atoms with van der Waals surface area (Å²) in [6.45, 7) is -0.466. The summed E-state index contributed by atoms with van der Waals surface area (Å²) in [5.74, 6) is 0.124. The van der Waals surface area contributed by atoms with E-state index in [0.29, 0.717) is 23.8 Å². The van der Waals surface area contributed by atoms with Crippen molar-refractivity contribution in [2.45, 2.75) is 19.1 Å². The average Bonchev–Trinajstić information content (AvgIpc) is 2.69. The van der Waals surface area contributed by atoms with Crippen LogP contribution in [0.3, 0.4) is 0 Å². The van der Waals surface area contributed by atoms with Crippen LogP contribution in [0, 0.1) is 0 Å². The van der Waals surface area contributed by atoms with E-state index in [-0.39, 0.29) is 25.4 Å². The molecule has 2 rings (SSSR count). The number of hydrogen-bond acceptors (Lipinski definition) is 6. The van der Waals surface area contributed by atoms with Crippen molar-refractivity contribution in [3.05, 3.63) is 58.5 Å². The number of nitrogens with zero attached hydrogens (tertiary/aromatic N) is 2. The van der Waals surface area contributed by atoms with Crippen molar-refractivity contribution in [2.24, 2.45) is 10.9 Å². The smallest absolute Gasteiger partial charge is 0.417 e. The Bertz CT molecular complexity index is 924. The van der Waals surface area contributed by atoms with Gasteiger partial charge in [-0.25, -0.2) is 4.79 Å². The minimum atomic E-state index is -4.60. The molecule has 2 aromatic rings. The van der Waals surface area contributed by atoms with E-state index in [1.54, 1.807) is 24.3 Å². The topological polar surface area (TPSA) is 105 Å². The number of alkyl halides is 3. The van der Waals surface area contributed by atoms with Crippen LogP contribution in [0.2, 0.25) is 0 Å². The van der Waals surface area contributed by atoms with Gasteiger partial charge < -0.3 is 24.6 Å². The van der Waals surface area contributed by atoms with Crippen molar-refractivity contribution in [1.29, 1.82) is 0 Å². The minimum absolute atomic E-state index is 0.134. The number of hydrogen-bond donors (Lipinski definition) is 1. The molecule has 0 unspecified atom stereocenters. The van der Waals surface area contributed by atoms with E-state index in [2.05, 4.69) is 9.99 Å². The lowest BCUT2D eigenvalue weighted by Crippen LogP contribution is -2.24. The molecule has 0 bridgehead atoms. The summed E-state index contributed by atoms with van der Waals surface area (Å²) < 4.78 is 49.2. The fourth-order valence-electron chi connectivity index (χ4n) is 2.10. The van der Waals surface area contributed by atoms with Gasteiger partial charge in [0.25, 0.3) is 5.56 Å². The molecule has 156 valence electrons. The summed E-state index contributed by atoms with van der Waals surface area (Å²) in [4.78, 5) is 27.9. The maximum atomic E-state index is 12.7. The Morgan fingerprint density at radius 2 is 1.79 bits per heavy atom. The average molecular weight is 413 g/mol. The third-order valence-electron chi connectivity index (χ3n) is 3.58. The lowest BCUT2D eigenvalue weighted by atomic mass is 10.2. The number of pyridine rings is 1. The molecular weight excluding hydrogens is 395 g/mol. The molecule has 0 aliphatic rings. The molecule has 0 aliphatic carbocycles. The first-order valence-corrected chi connectivity index (χ1v) is 8.26. The van der Waals surface area contributed by atoms with Crippen LogP contribution in [0.15, 0.2) is 52.5 Å². The fraction of sp³-hybridized carbons (Fsp3) is 0.278. The Hall–Kier alpha value is -3.50. The summed E-state index contributed by atoms with van der Waals surface area (Å²) in [6, 6.07) is 8.10. The number of aromatic nitrogens is 1. The van der Waals surface area contributed by atoms with Gasteiger partial charge in [-0.2, -0.15) is 13.2 Å². The van der Waals surface area contributed by atoms with Crippen LogP contribution in [-0.4, -0.2) is 30.1 Å². The van der Waals surface area contributed by atoms with Gasteiger partial charge in [0.05, 0.1) is 19.1 Å². The van der Waals surface area contributed by atoms with Gasteiger partial charge in [0, 0.05) is 18.8 Å². The molecule has 1 heterocycles. The number of amidine groups is 1. The first kappa shape index (κ1) is 21.8. The maximum absolute atomic E-state index is 12.7. The van der Waals surface area contributed by atoms with E-state index in [4.69, 9.17) is 15.2 Å². The minimum Gasteiger partial charge on any atom is -0.497 e. The Labute approximate surface area is 163 Å². The molecule has 0 radical (unpaired) electrons. The molecule has 1 aromatic heterocycles. The van der Waals surface area contributed by atoms with Gasteiger partial charge in [-0.05, 0) is 30.3 Å². The molecule has 0 spiro atoms. The molecule has 1 aromatic carbocycles. The van der Waals surface area contributed by atoms with Crippen molar-refractivity contribution in [3.63, 3.8) is 0 Å². The van der Waals surface area contributed by atoms with Gasteiger partial charge in [-0.3, -0.25) is 4.79 Å². The summed E-state index contributed by atoms with van der Waals surface area (Å²) in [5.41, 5.74) is 3.89. The van der Waals surface area contributed by atoms with Crippen LogP contribution in [-0.2, 0) is 22.4 Å². The first-order valence-electron chi connectivity index (χ1n) is 8.26. The second-order valence-electron chi connectivity index (χ2n) is 5.71. The number of carbonyl (C=O) groups is 1. The highest BCUT2D eigenvalue weighted by Crippen LogP contribution is 2.28. The second-order valence-corrected chi connectivity index (χ2v) is 5.71. The van der Waals surface area contributed by atoms with Crippen LogP contribution in [0.4, 0.5) is 13.2 Å². The van der Waals surface area contributed by atoms with E-state index in [0.717, 1.165) is 10.6 Å². The number of ether oxygens (including phenoxy) is 2. The molecule has 11 heteroatoms. The highest BCUT2D eigenvalue weighted by molar-refractivity contribution is 5.82. The molecule has 0 fully saturated rings. The Morgan fingerprint density at radius 3 is 2.41 bits per heavy atom. The van der Waals surface area contributed by atoms with Crippen molar-refractivity contribution in [3.8, 4) is 11.5 Å². The predicted octanol–water partition coefficient (Wildman–Crippen LogP) is 2.16. The molecule has 0 amide bonds. The Morgan fingerprint density at radius 1 is 1.14 bits per heavy atom. The first-order chi connectivity index (χ1) is 13.7. The van der Waals surface area contributed by atoms with Gasteiger partial charge in [-0.1, -0.05) is 5.16 Å². The molecule has 8 nitrogen and oxygen atoms in total. The summed E-state index contributed by atoms with van der Waals surface area (Å²) in [6.07, 6.45) is -4.34. The molecular formula is C18H18F3N3O5. The van der Waals surface area contributed by atoms with Crippen molar-refractivity contribution >= 4 is 11.8 Å².